The molecular formula is C17H22F3N3O3. The highest BCUT2D eigenvalue weighted by atomic mass is 19.4. The van der Waals surface area contributed by atoms with E-state index in [1.54, 1.807) is 25.7 Å². The molecule has 1 atom stereocenters. The quantitative estimate of drug-likeness (QED) is 0.700. The van der Waals surface area contributed by atoms with Gasteiger partial charge in [-0.25, -0.2) is 4.79 Å². The van der Waals surface area contributed by atoms with Crippen LogP contribution in [0.3, 0.4) is 0 Å². The largest absolute Gasteiger partial charge is 0.490 e. The molecule has 1 amide bonds. The van der Waals surface area contributed by atoms with Crippen LogP contribution in [0.25, 0.3) is 0 Å². The van der Waals surface area contributed by atoms with Gasteiger partial charge in [0.05, 0.1) is 17.3 Å². The van der Waals surface area contributed by atoms with Crippen LogP contribution in [0.4, 0.5) is 18.0 Å². The zero-order valence-electron chi connectivity index (χ0n) is 15.0. The molecular weight excluding hydrogens is 351 g/mol. The zero-order valence-corrected chi connectivity index (χ0v) is 15.0. The van der Waals surface area contributed by atoms with Gasteiger partial charge in [0.15, 0.2) is 0 Å². The molecule has 3 rings (SSSR count). The molecule has 1 aromatic heterocycles. The van der Waals surface area contributed by atoms with E-state index >= 15 is 0 Å². The van der Waals surface area contributed by atoms with Gasteiger partial charge in [0.2, 0.25) is 0 Å². The molecule has 1 saturated heterocycles. The number of halogens is 3. The predicted octanol–water partition coefficient (Wildman–Crippen LogP) is 2.91. The lowest BCUT2D eigenvalue weighted by molar-refractivity contribution is -0.138. The molecule has 0 spiro atoms. The lowest BCUT2D eigenvalue weighted by Crippen LogP contribution is -2.56. The van der Waals surface area contributed by atoms with Gasteiger partial charge >= 0.3 is 12.3 Å². The molecule has 144 valence electrons. The van der Waals surface area contributed by atoms with Gasteiger partial charge < -0.3 is 14.4 Å². The first-order valence-corrected chi connectivity index (χ1v) is 8.44. The lowest BCUT2D eigenvalue weighted by Gasteiger charge is -2.40. The standard InChI is InChI=1S/C17H22F3N3O3/c1-16(2,3)26-15(24)23-5-4-22-9-13-14(25-10-12(22)8-23)6-11(7-21-13)17(18,19)20/h6-7,12H,4-5,8-10H2,1-3H3/t12-/m0/s1. The van der Waals surface area contributed by atoms with Crippen molar-refractivity contribution in [2.75, 3.05) is 26.2 Å². The number of aromatic nitrogens is 1. The fourth-order valence-corrected chi connectivity index (χ4v) is 3.00. The van der Waals surface area contributed by atoms with Crippen LogP contribution in [0.1, 0.15) is 32.0 Å². The van der Waals surface area contributed by atoms with Gasteiger partial charge in [-0.1, -0.05) is 0 Å². The van der Waals surface area contributed by atoms with Gasteiger partial charge in [-0.2, -0.15) is 13.2 Å². The van der Waals surface area contributed by atoms with Crippen molar-refractivity contribution in [3.8, 4) is 5.75 Å². The van der Waals surface area contributed by atoms with Gasteiger partial charge in [-0.05, 0) is 26.8 Å². The summed E-state index contributed by atoms with van der Waals surface area (Å²) in [5, 5.41) is 0. The smallest absolute Gasteiger partial charge is 0.418 e. The van der Waals surface area contributed by atoms with E-state index in [0.29, 0.717) is 31.9 Å². The van der Waals surface area contributed by atoms with Crippen molar-refractivity contribution in [1.29, 1.82) is 0 Å². The highest BCUT2D eigenvalue weighted by molar-refractivity contribution is 5.68. The molecule has 2 aliphatic heterocycles. The summed E-state index contributed by atoms with van der Waals surface area (Å²) in [4.78, 5) is 19.9. The van der Waals surface area contributed by atoms with Crippen LogP contribution in [0, 0.1) is 0 Å². The lowest BCUT2D eigenvalue weighted by atomic mass is 10.1. The molecule has 3 heterocycles. The van der Waals surface area contributed by atoms with Crippen LogP contribution >= 0.6 is 0 Å². The molecule has 9 heteroatoms. The maximum absolute atomic E-state index is 12.9. The van der Waals surface area contributed by atoms with E-state index < -0.39 is 23.4 Å². The Morgan fingerprint density at radius 2 is 2.04 bits per heavy atom. The van der Waals surface area contributed by atoms with Gasteiger partial charge in [-0.3, -0.25) is 9.88 Å². The van der Waals surface area contributed by atoms with Gasteiger partial charge in [0.25, 0.3) is 0 Å². The first-order chi connectivity index (χ1) is 12.0. The van der Waals surface area contributed by atoms with Gasteiger partial charge in [0, 0.05) is 32.4 Å². The van der Waals surface area contributed by atoms with Crippen LogP contribution < -0.4 is 4.74 Å². The summed E-state index contributed by atoms with van der Waals surface area (Å²) in [5.74, 6) is 0.151. The topological polar surface area (TPSA) is 54.9 Å². The van der Waals surface area contributed by atoms with Crippen molar-refractivity contribution in [3.05, 3.63) is 23.5 Å². The molecule has 2 aliphatic rings. The maximum Gasteiger partial charge on any atom is 0.418 e. The highest BCUT2D eigenvalue weighted by Crippen LogP contribution is 2.34. The SMILES string of the molecule is CC(C)(C)OC(=O)N1CCN2Cc3ncc(C(F)(F)F)cc3OC[C@@H]2C1. The highest BCUT2D eigenvalue weighted by Gasteiger charge is 2.36. The Labute approximate surface area is 149 Å². The normalized spacial score (nSPS) is 21.3. The van der Waals surface area contributed by atoms with E-state index in [9.17, 15) is 18.0 Å². The number of nitrogens with zero attached hydrogens (tertiary/aromatic N) is 3. The number of amides is 1. The summed E-state index contributed by atoms with van der Waals surface area (Å²) >= 11 is 0. The molecule has 26 heavy (non-hydrogen) atoms. The molecule has 0 N–H and O–H groups in total. The number of piperazine rings is 1. The van der Waals surface area contributed by atoms with Crippen LogP contribution in [0.15, 0.2) is 12.3 Å². The van der Waals surface area contributed by atoms with E-state index in [1.165, 1.54) is 0 Å². The summed E-state index contributed by atoms with van der Waals surface area (Å²) in [7, 11) is 0. The number of rotatable bonds is 0. The second-order valence-corrected chi connectivity index (χ2v) is 7.53. The monoisotopic (exact) mass is 373 g/mol. The maximum atomic E-state index is 12.9. The summed E-state index contributed by atoms with van der Waals surface area (Å²) in [6, 6.07) is 0.867. The van der Waals surface area contributed by atoms with Crippen LogP contribution in [0.5, 0.6) is 5.75 Å². The van der Waals surface area contributed by atoms with Crippen molar-refractivity contribution >= 4 is 6.09 Å². The number of carbonyl (C=O) groups excluding carboxylic acids is 1. The summed E-state index contributed by atoms with van der Waals surface area (Å²) in [6.45, 7) is 7.45. The van der Waals surface area contributed by atoms with E-state index in [0.717, 1.165) is 12.3 Å². The first kappa shape index (κ1) is 18.8. The number of fused-ring (bicyclic) bond motifs is 2. The number of carbonyl (C=O) groups is 1. The molecule has 0 saturated carbocycles. The molecule has 0 aliphatic carbocycles. The van der Waals surface area contributed by atoms with Crippen molar-refractivity contribution < 1.29 is 27.4 Å². The van der Waals surface area contributed by atoms with Crippen molar-refractivity contribution in [2.24, 2.45) is 0 Å². The number of hydrogen-bond acceptors (Lipinski definition) is 5. The Bertz CT molecular complexity index is 688. The Kier molecular flexibility index (Phi) is 4.76. The van der Waals surface area contributed by atoms with Crippen molar-refractivity contribution in [1.82, 2.24) is 14.8 Å². The van der Waals surface area contributed by atoms with Gasteiger partial charge in [0.1, 0.15) is 18.0 Å². The Hall–Kier alpha value is -2.03. The summed E-state index contributed by atoms with van der Waals surface area (Å²) < 4.78 is 49.6. The molecule has 1 aromatic rings. The number of hydrogen-bond donors (Lipinski definition) is 0. The zero-order chi connectivity index (χ0) is 19.1. The molecule has 0 unspecified atom stereocenters. The minimum atomic E-state index is -4.46. The minimum absolute atomic E-state index is 0.125. The summed E-state index contributed by atoms with van der Waals surface area (Å²) in [5.41, 5.74) is -0.930. The van der Waals surface area contributed by atoms with E-state index in [2.05, 4.69) is 9.88 Å². The first-order valence-electron chi connectivity index (χ1n) is 8.44. The minimum Gasteiger partial charge on any atom is -0.490 e. The molecule has 0 aromatic carbocycles. The third-order valence-electron chi connectivity index (χ3n) is 4.30. The summed E-state index contributed by atoms with van der Waals surface area (Å²) in [6.07, 6.45) is -4.02. The average molecular weight is 373 g/mol. The van der Waals surface area contributed by atoms with Crippen LogP contribution in [0.2, 0.25) is 0 Å². The predicted molar refractivity (Wildman–Crippen MR) is 86.7 cm³/mol. The van der Waals surface area contributed by atoms with E-state index in [-0.39, 0.29) is 18.4 Å². The third-order valence-corrected chi connectivity index (χ3v) is 4.30. The number of ether oxygens (including phenoxy) is 2. The van der Waals surface area contributed by atoms with E-state index in [1.807, 2.05) is 0 Å². The second kappa shape index (κ2) is 6.61. The molecule has 0 bridgehead atoms. The Balaban J connectivity index is 1.71. The molecule has 1 fully saturated rings. The fourth-order valence-electron chi connectivity index (χ4n) is 3.00. The Morgan fingerprint density at radius 3 is 2.69 bits per heavy atom. The third kappa shape index (κ3) is 4.20. The Morgan fingerprint density at radius 1 is 1.31 bits per heavy atom. The van der Waals surface area contributed by atoms with Crippen molar-refractivity contribution in [2.45, 2.75) is 45.1 Å². The van der Waals surface area contributed by atoms with Crippen LogP contribution in [-0.4, -0.2) is 58.8 Å². The molecule has 0 radical (unpaired) electrons. The van der Waals surface area contributed by atoms with Crippen molar-refractivity contribution in [3.63, 3.8) is 0 Å². The van der Waals surface area contributed by atoms with Gasteiger partial charge in [-0.15, -0.1) is 0 Å². The van der Waals surface area contributed by atoms with E-state index in [4.69, 9.17) is 9.47 Å². The second-order valence-electron chi connectivity index (χ2n) is 7.53. The average Bonchev–Trinajstić information content (AvgIpc) is 2.70. The van der Waals surface area contributed by atoms with Crippen LogP contribution in [-0.2, 0) is 17.5 Å². The fraction of sp³-hybridized carbons (Fsp3) is 0.647. The number of alkyl halides is 3. The number of pyridine rings is 1. The molecule has 6 nitrogen and oxygen atoms in total.